The average molecular weight is 633 g/mol. The van der Waals surface area contributed by atoms with Crippen LogP contribution in [0.25, 0.3) is 11.1 Å². The predicted molar refractivity (Wildman–Crippen MR) is 170 cm³/mol. The highest BCUT2D eigenvalue weighted by Gasteiger charge is 2.27. The minimum absolute atomic E-state index is 0.0110. The van der Waals surface area contributed by atoms with E-state index in [2.05, 4.69) is 10.4 Å². The van der Waals surface area contributed by atoms with E-state index in [1.54, 1.807) is 34.0 Å². The molecule has 1 aliphatic heterocycles. The van der Waals surface area contributed by atoms with E-state index >= 15 is 0 Å². The topological polar surface area (TPSA) is 140 Å². The van der Waals surface area contributed by atoms with E-state index in [0.29, 0.717) is 44.9 Å². The number of hydrogen-bond donors (Lipinski definition) is 2. The van der Waals surface area contributed by atoms with Gasteiger partial charge in [-0.15, -0.1) is 0 Å². The Morgan fingerprint density at radius 3 is 2.69 bits per heavy atom. The van der Waals surface area contributed by atoms with Gasteiger partial charge in [0, 0.05) is 29.3 Å². The number of benzene rings is 3. The van der Waals surface area contributed by atoms with E-state index in [4.69, 9.17) is 14.0 Å². The molecule has 0 saturated heterocycles. The van der Waals surface area contributed by atoms with E-state index < -0.39 is 21.9 Å². The summed E-state index contributed by atoms with van der Waals surface area (Å²) in [6.45, 7) is 7.68. The Kier molecular flexibility index (Phi) is 9.54. The molecule has 0 spiro atoms. The number of ether oxygens (including phenoxy) is 2. The molecule has 0 aliphatic carbocycles. The quantitative estimate of drug-likeness (QED) is 0.179. The first-order valence-corrected chi connectivity index (χ1v) is 16.2. The fourth-order valence-electron chi connectivity index (χ4n) is 5.21. The molecule has 236 valence electrons. The van der Waals surface area contributed by atoms with E-state index in [-0.39, 0.29) is 11.5 Å². The first-order valence-electron chi connectivity index (χ1n) is 14.6. The normalized spacial score (nSPS) is 12.8. The number of anilines is 1. The van der Waals surface area contributed by atoms with Gasteiger partial charge in [-0.05, 0) is 79.8 Å². The van der Waals surface area contributed by atoms with Crippen LogP contribution in [0.15, 0.2) is 67.0 Å². The van der Waals surface area contributed by atoms with E-state index in [1.807, 2.05) is 63.4 Å². The predicted octanol–water partition coefficient (Wildman–Crippen LogP) is 4.68. The highest BCUT2D eigenvalue weighted by molar-refractivity contribution is 7.85. The second-order valence-corrected chi connectivity index (χ2v) is 12.5. The molecule has 45 heavy (non-hydrogen) atoms. The zero-order valence-electron chi connectivity index (χ0n) is 25.4. The summed E-state index contributed by atoms with van der Waals surface area (Å²) in [5.41, 5.74) is 6.64. The van der Waals surface area contributed by atoms with Crippen LogP contribution in [0.5, 0.6) is 11.5 Å². The van der Waals surface area contributed by atoms with E-state index in [1.165, 1.54) is 5.56 Å². The summed E-state index contributed by atoms with van der Waals surface area (Å²) < 4.78 is 44.6. The second-order valence-electron chi connectivity index (χ2n) is 11.1. The Morgan fingerprint density at radius 2 is 1.89 bits per heavy atom. The Balaban J connectivity index is 1.27. The third-order valence-corrected chi connectivity index (χ3v) is 8.12. The van der Waals surface area contributed by atoms with Gasteiger partial charge in [0.05, 0.1) is 31.6 Å². The molecular formula is C33H36N4O7S. The third kappa shape index (κ3) is 7.89. The van der Waals surface area contributed by atoms with Crippen LogP contribution in [0, 0.1) is 20.8 Å². The van der Waals surface area contributed by atoms with E-state index in [0.717, 1.165) is 39.3 Å². The van der Waals surface area contributed by atoms with Crippen molar-refractivity contribution in [2.24, 2.45) is 0 Å². The Morgan fingerprint density at radius 1 is 1.09 bits per heavy atom. The Hall–Kier alpha value is -4.68. The SMILES string of the molecule is Cc1cc(-c2cnn(Cc3cccc(C(=O)NCS(=O)(=O)O)c3)c2)c2c(c1)N(C(=O)CCCOc1cccc(C)c1C)CCO2. The monoisotopic (exact) mass is 632 g/mol. The van der Waals surface area contributed by atoms with Gasteiger partial charge in [-0.25, -0.2) is 0 Å². The molecule has 0 unspecified atom stereocenters. The van der Waals surface area contributed by atoms with Crippen molar-refractivity contribution in [2.75, 3.05) is 30.5 Å². The van der Waals surface area contributed by atoms with Crippen molar-refractivity contribution in [3.05, 3.63) is 94.8 Å². The average Bonchev–Trinajstić information content (AvgIpc) is 3.47. The highest BCUT2D eigenvalue weighted by Crippen LogP contribution is 2.42. The fraction of sp³-hybridized carbons (Fsp3) is 0.303. The van der Waals surface area contributed by atoms with Crippen LogP contribution < -0.4 is 19.7 Å². The number of nitrogens with one attached hydrogen (secondary N) is 1. The first kappa shape index (κ1) is 31.7. The maximum absolute atomic E-state index is 13.4. The molecule has 4 aromatic rings. The molecule has 2 N–H and O–H groups in total. The summed E-state index contributed by atoms with van der Waals surface area (Å²) in [5.74, 6) is -0.00567. The van der Waals surface area contributed by atoms with Crippen molar-refractivity contribution in [3.63, 3.8) is 0 Å². The molecule has 5 rings (SSSR count). The van der Waals surface area contributed by atoms with Gasteiger partial charge in [-0.1, -0.05) is 24.3 Å². The maximum Gasteiger partial charge on any atom is 0.283 e. The second kappa shape index (κ2) is 13.5. The lowest BCUT2D eigenvalue weighted by Gasteiger charge is -2.31. The summed E-state index contributed by atoms with van der Waals surface area (Å²) in [5, 5.41) is 6.68. The van der Waals surface area contributed by atoms with Crippen LogP contribution in [0.2, 0.25) is 0 Å². The van der Waals surface area contributed by atoms with Gasteiger partial charge in [0.25, 0.3) is 16.0 Å². The zero-order valence-corrected chi connectivity index (χ0v) is 26.3. The van der Waals surface area contributed by atoms with Gasteiger partial charge in [0.2, 0.25) is 5.91 Å². The maximum atomic E-state index is 13.4. The summed E-state index contributed by atoms with van der Waals surface area (Å²) in [7, 11) is -4.33. The fourth-order valence-corrected chi connectivity index (χ4v) is 5.52. The smallest absolute Gasteiger partial charge is 0.283 e. The van der Waals surface area contributed by atoms with Crippen LogP contribution in [-0.4, -0.2) is 60.2 Å². The molecule has 2 amide bonds. The minimum Gasteiger partial charge on any atom is -0.493 e. The molecular weight excluding hydrogens is 596 g/mol. The van der Waals surface area contributed by atoms with Crippen LogP contribution in [-0.2, 0) is 21.5 Å². The molecule has 1 aliphatic rings. The largest absolute Gasteiger partial charge is 0.493 e. The van der Waals surface area contributed by atoms with Crippen molar-refractivity contribution >= 4 is 27.6 Å². The van der Waals surface area contributed by atoms with Crippen LogP contribution in [0.4, 0.5) is 5.69 Å². The number of aromatic nitrogens is 2. The number of hydrogen-bond acceptors (Lipinski definition) is 7. The highest BCUT2D eigenvalue weighted by atomic mass is 32.2. The number of carbonyl (C=O) groups excluding carboxylic acids is 2. The number of aryl methyl sites for hydroxylation is 2. The van der Waals surface area contributed by atoms with Gasteiger partial charge in [0.1, 0.15) is 18.2 Å². The van der Waals surface area contributed by atoms with Crippen molar-refractivity contribution in [2.45, 2.75) is 40.2 Å². The van der Waals surface area contributed by atoms with Crippen LogP contribution in [0.3, 0.4) is 0 Å². The lowest BCUT2D eigenvalue weighted by atomic mass is 10.0. The Labute approximate surface area is 262 Å². The number of rotatable bonds is 11. The van der Waals surface area contributed by atoms with Crippen molar-refractivity contribution in [1.82, 2.24) is 15.1 Å². The summed E-state index contributed by atoms with van der Waals surface area (Å²) in [6, 6.07) is 16.6. The molecule has 0 atom stereocenters. The molecule has 0 radical (unpaired) electrons. The molecule has 12 heteroatoms. The molecule has 0 fully saturated rings. The van der Waals surface area contributed by atoms with Crippen LogP contribution in [0.1, 0.15) is 45.5 Å². The number of nitrogens with zero attached hydrogens (tertiary/aromatic N) is 3. The van der Waals surface area contributed by atoms with Gasteiger partial charge in [0.15, 0.2) is 5.75 Å². The van der Waals surface area contributed by atoms with Gasteiger partial charge in [-0.2, -0.15) is 13.5 Å². The summed E-state index contributed by atoms with van der Waals surface area (Å²) in [6.07, 6.45) is 4.54. The number of carbonyl (C=O) groups is 2. The van der Waals surface area contributed by atoms with Crippen molar-refractivity contribution < 1.29 is 32.0 Å². The van der Waals surface area contributed by atoms with Crippen molar-refractivity contribution in [1.29, 1.82) is 0 Å². The first-order chi connectivity index (χ1) is 21.5. The van der Waals surface area contributed by atoms with Gasteiger partial charge in [-0.3, -0.25) is 18.8 Å². The minimum atomic E-state index is -4.33. The lowest BCUT2D eigenvalue weighted by Crippen LogP contribution is -2.38. The molecule has 11 nitrogen and oxygen atoms in total. The number of fused-ring (bicyclic) bond motifs is 1. The van der Waals surface area contributed by atoms with Gasteiger partial charge < -0.3 is 19.7 Å². The molecule has 3 aromatic carbocycles. The molecule has 0 saturated carbocycles. The Bertz CT molecular complexity index is 1830. The third-order valence-electron chi connectivity index (χ3n) is 7.61. The van der Waals surface area contributed by atoms with Gasteiger partial charge >= 0.3 is 0 Å². The standard InChI is InChI=1S/C33H36N4O7S/c1-22-15-28(27-18-35-36(20-27)19-25-8-5-9-26(17-25)33(39)34-21-45(40,41)42)32-29(16-22)37(12-14-44-32)31(38)11-6-13-43-30-10-4-7-23(2)24(30)3/h4-5,7-10,15-18,20H,6,11-14,19,21H2,1-3H3,(H,34,39)(H,40,41,42). The zero-order chi connectivity index (χ0) is 32.1. The van der Waals surface area contributed by atoms with Crippen LogP contribution >= 0.6 is 0 Å². The van der Waals surface area contributed by atoms with E-state index in [9.17, 15) is 18.0 Å². The molecule has 2 heterocycles. The lowest BCUT2D eigenvalue weighted by molar-refractivity contribution is -0.119. The summed E-state index contributed by atoms with van der Waals surface area (Å²) in [4.78, 5) is 27.5. The molecule has 1 aromatic heterocycles. The summed E-state index contributed by atoms with van der Waals surface area (Å²) >= 11 is 0. The number of amides is 2. The van der Waals surface area contributed by atoms with Crippen molar-refractivity contribution in [3.8, 4) is 22.6 Å². The molecule has 0 bridgehead atoms.